The fourth-order valence-corrected chi connectivity index (χ4v) is 4.86. The molecule has 2 aliphatic rings. The molecule has 3 rings (SSSR count). The number of aliphatic hydroxyl groups excluding tert-OH is 1. The van der Waals surface area contributed by atoms with E-state index < -0.39 is 0 Å². The maximum absolute atomic E-state index is 10.4. The lowest BCUT2D eigenvalue weighted by molar-refractivity contribution is -0.0731. The Morgan fingerprint density at radius 2 is 1.90 bits per heavy atom. The smallest absolute Gasteiger partial charge is 0.160 e. The molecule has 0 aromatic heterocycles. The molecule has 0 amide bonds. The molecule has 0 heterocycles. The van der Waals surface area contributed by atoms with E-state index >= 15 is 0 Å². The molecule has 3 atom stereocenters. The fraction of sp³-hybridized carbons (Fsp3) is 0.667. The Labute approximate surface area is 127 Å². The number of hydrogen-bond acceptors (Lipinski definition) is 3. The van der Waals surface area contributed by atoms with Crippen LogP contribution in [0.3, 0.4) is 0 Å². The number of aryl methyl sites for hydroxylation is 1. The summed E-state index contributed by atoms with van der Waals surface area (Å²) < 4.78 is 5.25. The summed E-state index contributed by atoms with van der Waals surface area (Å²) in [5.74, 6) is 1.22. The molecule has 2 N–H and O–H groups in total. The summed E-state index contributed by atoms with van der Waals surface area (Å²) in [5.41, 5.74) is 2.48. The molecule has 1 aromatic rings. The zero-order valence-electron chi connectivity index (χ0n) is 13.4. The average molecular weight is 290 g/mol. The van der Waals surface area contributed by atoms with Crippen LogP contribution in [0.25, 0.3) is 0 Å². The normalized spacial score (nSPS) is 34.0. The first-order chi connectivity index (χ1) is 9.80. The number of benzene rings is 1. The van der Waals surface area contributed by atoms with Gasteiger partial charge in [0.2, 0.25) is 0 Å². The highest BCUT2D eigenvalue weighted by Gasteiger charge is 2.53. The maximum Gasteiger partial charge on any atom is 0.160 e. The topological polar surface area (TPSA) is 49.7 Å². The number of ether oxygens (including phenoxy) is 1. The van der Waals surface area contributed by atoms with E-state index in [1.54, 1.807) is 7.11 Å². The van der Waals surface area contributed by atoms with E-state index in [1.807, 2.05) is 12.1 Å². The number of phenolic OH excluding ortho intramolecular Hbond substituents is 1. The van der Waals surface area contributed by atoms with Gasteiger partial charge in [0.1, 0.15) is 0 Å². The number of rotatable bonds is 1. The van der Waals surface area contributed by atoms with Gasteiger partial charge in [0.25, 0.3) is 0 Å². The van der Waals surface area contributed by atoms with Crippen LogP contribution in [0.1, 0.15) is 51.2 Å². The fourth-order valence-electron chi connectivity index (χ4n) is 4.86. The molecule has 0 saturated heterocycles. The van der Waals surface area contributed by atoms with Gasteiger partial charge in [0.05, 0.1) is 13.2 Å². The molecular formula is C18H26O3. The van der Waals surface area contributed by atoms with E-state index in [0.29, 0.717) is 11.7 Å². The average Bonchev–Trinajstić information content (AvgIpc) is 2.43. The summed E-state index contributed by atoms with van der Waals surface area (Å²) in [6.45, 7) is 6.68. The Balaban J connectivity index is 2.12. The van der Waals surface area contributed by atoms with Gasteiger partial charge in [-0.2, -0.15) is 0 Å². The predicted molar refractivity (Wildman–Crippen MR) is 82.8 cm³/mol. The van der Waals surface area contributed by atoms with Crippen LogP contribution in [0, 0.1) is 11.3 Å². The lowest BCUT2D eigenvalue weighted by atomic mass is 9.49. The van der Waals surface area contributed by atoms with Crippen molar-refractivity contribution in [3.05, 3.63) is 23.3 Å². The minimum atomic E-state index is -0.232. The van der Waals surface area contributed by atoms with E-state index in [1.165, 1.54) is 11.1 Å². The maximum atomic E-state index is 10.4. The van der Waals surface area contributed by atoms with E-state index in [0.717, 1.165) is 25.7 Å². The lowest BCUT2D eigenvalue weighted by Gasteiger charge is -2.56. The molecule has 1 saturated carbocycles. The third-order valence-electron chi connectivity index (χ3n) is 6.19. The van der Waals surface area contributed by atoms with Gasteiger partial charge >= 0.3 is 0 Å². The largest absolute Gasteiger partial charge is 0.504 e. The summed E-state index contributed by atoms with van der Waals surface area (Å²) >= 11 is 0. The molecule has 0 aliphatic heterocycles. The van der Waals surface area contributed by atoms with Gasteiger partial charge in [0, 0.05) is 0 Å². The van der Waals surface area contributed by atoms with Gasteiger partial charge in [-0.05, 0) is 65.7 Å². The highest BCUT2D eigenvalue weighted by molar-refractivity contribution is 5.51. The zero-order valence-corrected chi connectivity index (χ0v) is 13.4. The van der Waals surface area contributed by atoms with Gasteiger partial charge in [-0.25, -0.2) is 0 Å². The SMILES string of the molecule is COc1cc2c(cc1O)[C@]1(C)CC[C@@H](O)C(C)(C)[C@H]1CC2. The molecule has 21 heavy (non-hydrogen) atoms. The first-order valence-corrected chi connectivity index (χ1v) is 7.89. The molecule has 0 radical (unpaired) electrons. The molecule has 0 bridgehead atoms. The van der Waals surface area contributed by atoms with Crippen molar-refractivity contribution in [2.75, 3.05) is 7.11 Å². The summed E-state index contributed by atoms with van der Waals surface area (Å²) in [6.07, 6.45) is 3.64. The van der Waals surface area contributed by atoms with E-state index in [2.05, 4.69) is 20.8 Å². The third kappa shape index (κ3) is 1.97. The van der Waals surface area contributed by atoms with Gasteiger partial charge < -0.3 is 14.9 Å². The first kappa shape index (κ1) is 14.7. The molecule has 3 heteroatoms. The second-order valence-electron chi connectivity index (χ2n) is 7.57. The molecule has 1 fully saturated rings. The Hall–Kier alpha value is -1.22. The summed E-state index contributed by atoms with van der Waals surface area (Å²) in [7, 11) is 1.59. The summed E-state index contributed by atoms with van der Waals surface area (Å²) in [6, 6.07) is 3.89. The van der Waals surface area contributed by atoms with Gasteiger partial charge in [-0.15, -0.1) is 0 Å². The number of methoxy groups -OCH3 is 1. The number of aliphatic hydroxyl groups is 1. The van der Waals surface area contributed by atoms with Crippen molar-refractivity contribution >= 4 is 0 Å². The number of aromatic hydroxyl groups is 1. The van der Waals surface area contributed by atoms with Crippen molar-refractivity contribution in [2.24, 2.45) is 11.3 Å². The van der Waals surface area contributed by atoms with E-state index in [-0.39, 0.29) is 22.7 Å². The Bertz CT molecular complexity index is 564. The highest BCUT2D eigenvalue weighted by Crippen LogP contribution is 2.57. The van der Waals surface area contributed by atoms with Gasteiger partial charge in [0.15, 0.2) is 11.5 Å². The van der Waals surface area contributed by atoms with Crippen molar-refractivity contribution in [2.45, 2.75) is 58.0 Å². The molecule has 3 nitrogen and oxygen atoms in total. The standard InChI is InChI=1S/C18H26O3/c1-17(2)15-6-5-11-9-14(21-4)13(19)10-12(11)18(15,3)8-7-16(17)20/h9-10,15-16,19-20H,5-8H2,1-4H3/t15-,16-,18+/m1/s1. The second-order valence-corrected chi connectivity index (χ2v) is 7.57. The van der Waals surface area contributed by atoms with Crippen LogP contribution in [0.4, 0.5) is 0 Å². The van der Waals surface area contributed by atoms with Crippen LogP contribution >= 0.6 is 0 Å². The first-order valence-electron chi connectivity index (χ1n) is 7.89. The van der Waals surface area contributed by atoms with Gasteiger partial charge in [-0.3, -0.25) is 0 Å². The van der Waals surface area contributed by atoms with Crippen molar-refractivity contribution in [3.8, 4) is 11.5 Å². The van der Waals surface area contributed by atoms with Crippen LogP contribution in [-0.2, 0) is 11.8 Å². The Morgan fingerprint density at radius 3 is 2.57 bits per heavy atom. The Kier molecular flexibility index (Phi) is 3.25. The van der Waals surface area contributed by atoms with Crippen LogP contribution in [0.15, 0.2) is 12.1 Å². The minimum absolute atomic E-state index is 0.0278. The summed E-state index contributed by atoms with van der Waals surface area (Å²) in [4.78, 5) is 0. The van der Waals surface area contributed by atoms with Crippen molar-refractivity contribution in [1.29, 1.82) is 0 Å². The summed E-state index contributed by atoms with van der Waals surface area (Å²) in [5, 5.41) is 20.6. The number of phenols is 1. The number of hydrogen-bond donors (Lipinski definition) is 2. The zero-order chi connectivity index (χ0) is 15.4. The third-order valence-corrected chi connectivity index (χ3v) is 6.19. The second kappa shape index (κ2) is 4.64. The van der Waals surface area contributed by atoms with Crippen LogP contribution in [0.2, 0.25) is 0 Å². The predicted octanol–water partition coefficient (Wildman–Crippen LogP) is 3.40. The Morgan fingerprint density at radius 1 is 1.19 bits per heavy atom. The van der Waals surface area contributed by atoms with Crippen LogP contribution < -0.4 is 4.74 Å². The number of fused-ring (bicyclic) bond motifs is 3. The molecular weight excluding hydrogens is 264 g/mol. The van der Waals surface area contributed by atoms with Crippen molar-refractivity contribution in [1.82, 2.24) is 0 Å². The van der Waals surface area contributed by atoms with Crippen LogP contribution in [0.5, 0.6) is 11.5 Å². The van der Waals surface area contributed by atoms with Crippen LogP contribution in [-0.4, -0.2) is 23.4 Å². The highest BCUT2D eigenvalue weighted by atomic mass is 16.5. The lowest BCUT2D eigenvalue weighted by Crippen LogP contribution is -2.53. The molecule has 2 aliphatic carbocycles. The van der Waals surface area contributed by atoms with E-state index in [4.69, 9.17) is 4.74 Å². The minimum Gasteiger partial charge on any atom is -0.504 e. The van der Waals surface area contributed by atoms with Crippen molar-refractivity contribution in [3.63, 3.8) is 0 Å². The van der Waals surface area contributed by atoms with Gasteiger partial charge in [-0.1, -0.05) is 20.8 Å². The van der Waals surface area contributed by atoms with Crippen molar-refractivity contribution < 1.29 is 14.9 Å². The molecule has 0 unspecified atom stereocenters. The molecule has 1 aromatic carbocycles. The quantitative estimate of drug-likeness (QED) is 0.833. The molecule has 116 valence electrons. The monoisotopic (exact) mass is 290 g/mol. The van der Waals surface area contributed by atoms with E-state index in [9.17, 15) is 10.2 Å². The molecule has 0 spiro atoms.